The van der Waals surface area contributed by atoms with Gasteiger partial charge >= 0.3 is 7.41 Å². The van der Waals surface area contributed by atoms with Crippen molar-refractivity contribution in [2.75, 3.05) is 0 Å². The molecule has 0 saturated heterocycles. The zero-order valence-electron chi connectivity index (χ0n) is 10.6. The first-order chi connectivity index (χ1) is 7.61. The van der Waals surface area contributed by atoms with Gasteiger partial charge in [-0.2, -0.15) is 0 Å². The lowest BCUT2D eigenvalue weighted by atomic mass is 9.88. The first kappa shape index (κ1) is 12.9. The highest BCUT2D eigenvalue weighted by molar-refractivity contribution is 6.43. The first-order valence-corrected chi connectivity index (χ1v) is 5.78. The van der Waals surface area contributed by atoms with Gasteiger partial charge in [0.1, 0.15) is 0 Å². The van der Waals surface area contributed by atoms with Crippen molar-refractivity contribution in [3.63, 3.8) is 0 Å². The standard InChI is InChI=1S/C14H19BN/c1-12(2)16(13(3)4)15-11-10-14-8-6-5-7-9-14/h5-9,12-13H,1-4H3. The summed E-state index contributed by atoms with van der Waals surface area (Å²) < 4.78 is 0. The van der Waals surface area contributed by atoms with Crippen LogP contribution in [0.15, 0.2) is 30.3 Å². The lowest BCUT2D eigenvalue weighted by Gasteiger charge is -2.27. The number of benzene rings is 1. The smallest absolute Gasteiger partial charge is 0.313 e. The van der Waals surface area contributed by atoms with E-state index in [1.54, 1.807) is 0 Å². The largest absolute Gasteiger partial charge is 0.330 e. The number of hydrogen-bond donors (Lipinski definition) is 0. The summed E-state index contributed by atoms with van der Waals surface area (Å²) in [4.78, 5) is 2.26. The SMILES string of the molecule is CC(C)N([B]C#Cc1ccccc1)C(C)C. The third-order valence-corrected chi connectivity index (χ3v) is 2.40. The number of rotatable bonds is 3. The highest BCUT2D eigenvalue weighted by Gasteiger charge is 2.12. The van der Waals surface area contributed by atoms with E-state index in [1.165, 1.54) is 0 Å². The molecule has 0 spiro atoms. The van der Waals surface area contributed by atoms with Crippen molar-refractivity contribution in [3.8, 4) is 11.7 Å². The maximum absolute atomic E-state index is 3.14. The Labute approximate surface area is 100 Å². The second-order valence-electron chi connectivity index (χ2n) is 4.40. The lowest BCUT2D eigenvalue weighted by Crippen LogP contribution is -2.39. The summed E-state index contributed by atoms with van der Waals surface area (Å²) in [5.41, 5.74) is 1.06. The molecule has 0 bridgehead atoms. The summed E-state index contributed by atoms with van der Waals surface area (Å²) in [6, 6.07) is 11.0. The molecule has 0 aromatic heterocycles. The molecule has 0 fully saturated rings. The molecule has 0 atom stereocenters. The maximum atomic E-state index is 3.14. The Morgan fingerprint density at radius 3 is 2.06 bits per heavy atom. The Bertz CT molecular complexity index is 351. The molecular weight excluding hydrogens is 193 g/mol. The highest BCUT2D eigenvalue weighted by Crippen LogP contribution is 2.02. The second-order valence-corrected chi connectivity index (χ2v) is 4.40. The highest BCUT2D eigenvalue weighted by atomic mass is 15.1. The molecule has 0 amide bonds. The minimum Gasteiger partial charge on any atom is -0.330 e. The van der Waals surface area contributed by atoms with Crippen molar-refractivity contribution in [3.05, 3.63) is 35.9 Å². The van der Waals surface area contributed by atoms with E-state index in [0.717, 1.165) is 5.56 Å². The van der Waals surface area contributed by atoms with E-state index in [-0.39, 0.29) is 0 Å². The van der Waals surface area contributed by atoms with Crippen molar-refractivity contribution in [2.45, 2.75) is 39.8 Å². The zero-order valence-corrected chi connectivity index (χ0v) is 10.6. The average molecular weight is 212 g/mol. The second kappa shape index (κ2) is 6.40. The van der Waals surface area contributed by atoms with E-state index < -0.39 is 0 Å². The Kier molecular flexibility index (Phi) is 5.15. The van der Waals surface area contributed by atoms with Crippen LogP contribution < -0.4 is 0 Å². The van der Waals surface area contributed by atoms with Crippen LogP contribution in [-0.4, -0.2) is 24.3 Å². The average Bonchev–Trinajstić information content (AvgIpc) is 2.24. The Balaban J connectivity index is 2.59. The van der Waals surface area contributed by atoms with Crippen molar-refractivity contribution in [1.29, 1.82) is 0 Å². The summed E-state index contributed by atoms with van der Waals surface area (Å²) in [6.45, 7) is 8.72. The van der Waals surface area contributed by atoms with Gasteiger partial charge in [0.05, 0.1) is 0 Å². The van der Waals surface area contributed by atoms with Crippen molar-refractivity contribution < 1.29 is 0 Å². The van der Waals surface area contributed by atoms with Crippen LogP contribution in [0, 0.1) is 11.7 Å². The summed E-state index contributed by atoms with van der Waals surface area (Å²) in [5.74, 6) is 6.25. The van der Waals surface area contributed by atoms with Crippen molar-refractivity contribution in [2.24, 2.45) is 0 Å². The molecule has 1 nitrogen and oxygen atoms in total. The molecular formula is C14H19BN. The molecule has 0 aliphatic heterocycles. The van der Waals surface area contributed by atoms with Crippen LogP contribution in [0.5, 0.6) is 0 Å². The van der Waals surface area contributed by atoms with Gasteiger partial charge in [0.2, 0.25) is 0 Å². The predicted molar refractivity (Wildman–Crippen MR) is 71.2 cm³/mol. The van der Waals surface area contributed by atoms with E-state index in [4.69, 9.17) is 0 Å². The van der Waals surface area contributed by atoms with Gasteiger partial charge < -0.3 is 4.81 Å². The quantitative estimate of drug-likeness (QED) is 0.550. The van der Waals surface area contributed by atoms with E-state index in [0.29, 0.717) is 12.1 Å². The zero-order chi connectivity index (χ0) is 12.0. The molecule has 1 radical (unpaired) electrons. The third-order valence-electron chi connectivity index (χ3n) is 2.40. The molecule has 0 aliphatic rings. The molecule has 0 aliphatic carbocycles. The molecule has 1 aromatic rings. The van der Waals surface area contributed by atoms with Gasteiger partial charge in [-0.15, -0.1) is 5.82 Å². The fourth-order valence-corrected chi connectivity index (χ4v) is 1.61. The van der Waals surface area contributed by atoms with Gasteiger partial charge in [-0.1, -0.05) is 51.8 Å². The van der Waals surface area contributed by atoms with Crippen LogP contribution in [0.3, 0.4) is 0 Å². The minimum absolute atomic E-state index is 0.491. The Hall–Kier alpha value is -1.20. The molecule has 0 heterocycles. The maximum Gasteiger partial charge on any atom is 0.313 e. The van der Waals surface area contributed by atoms with E-state index in [1.807, 2.05) is 37.7 Å². The summed E-state index contributed by atoms with van der Waals surface area (Å²) in [6.07, 6.45) is 0. The van der Waals surface area contributed by atoms with Crippen LogP contribution >= 0.6 is 0 Å². The van der Waals surface area contributed by atoms with Crippen LogP contribution in [0.4, 0.5) is 0 Å². The number of hydrogen-bond acceptors (Lipinski definition) is 1. The van der Waals surface area contributed by atoms with Crippen molar-refractivity contribution in [1.82, 2.24) is 4.81 Å². The minimum atomic E-state index is 0.491. The Morgan fingerprint density at radius 2 is 1.56 bits per heavy atom. The first-order valence-electron chi connectivity index (χ1n) is 5.78. The fraction of sp³-hybridized carbons (Fsp3) is 0.429. The molecule has 0 N–H and O–H groups in total. The predicted octanol–water partition coefficient (Wildman–Crippen LogP) is 2.73. The van der Waals surface area contributed by atoms with Crippen LogP contribution in [-0.2, 0) is 0 Å². The molecule has 0 saturated carbocycles. The molecule has 2 heteroatoms. The van der Waals surface area contributed by atoms with Crippen LogP contribution in [0.2, 0.25) is 0 Å². The van der Waals surface area contributed by atoms with Crippen molar-refractivity contribution >= 4 is 7.41 Å². The van der Waals surface area contributed by atoms with Gasteiger partial charge in [-0.05, 0) is 24.2 Å². The molecule has 1 rings (SSSR count). The van der Waals surface area contributed by atoms with E-state index in [2.05, 4.69) is 44.2 Å². The third kappa shape index (κ3) is 4.12. The monoisotopic (exact) mass is 212 g/mol. The topological polar surface area (TPSA) is 3.24 Å². The van der Waals surface area contributed by atoms with Gasteiger partial charge in [0.25, 0.3) is 0 Å². The van der Waals surface area contributed by atoms with E-state index in [9.17, 15) is 0 Å². The summed E-state index contributed by atoms with van der Waals surface area (Å²) >= 11 is 0. The Morgan fingerprint density at radius 1 is 1.00 bits per heavy atom. The normalized spacial score (nSPS) is 10.4. The molecule has 83 valence electrons. The van der Waals surface area contributed by atoms with E-state index >= 15 is 0 Å². The lowest BCUT2D eigenvalue weighted by molar-refractivity contribution is 0.316. The van der Waals surface area contributed by atoms with Gasteiger partial charge in [0.15, 0.2) is 0 Å². The number of nitrogens with zero attached hydrogens (tertiary/aromatic N) is 1. The van der Waals surface area contributed by atoms with Gasteiger partial charge in [0, 0.05) is 5.56 Å². The summed E-state index contributed by atoms with van der Waals surface area (Å²) in [5, 5.41) is 0. The van der Waals surface area contributed by atoms with Gasteiger partial charge in [-0.25, -0.2) is 0 Å². The molecule has 16 heavy (non-hydrogen) atoms. The molecule has 0 unspecified atom stereocenters. The van der Waals surface area contributed by atoms with Crippen LogP contribution in [0.25, 0.3) is 0 Å². The van der Waals surface area contributed by atoms with Gasteiger partial charge in [-0.3, -0.25) is 0 Å². The summed E-state index contributed by atoms with van der Waals surface area (Å²) in [7, 11) is 1.99. The fourth-order valence-electron chi connectivity index (χ4n) is 1.61. The molecule has 1 aromatic carbocycles. The van der Waals surface area contributed by atoms with Crippen LogP contribution in [0.1, 0.15) is 33.3 Å².